The molecule has 0 bridgehead atoms. The lowest BCUT2D eigenvalue weighted by Gasteiger charge is -2.11. The summed E-state index contributed by atoms with van der Waals surface area (Å²) < 4.78 is 0. The summed E-state index contributed by atoms with van der Waals surface area (Å²) in [6.45, 7) is 5.56. The molecule has 0 aliphatic heterocycles. The average Bonchev–Trinajstić information content (AvgIpc) is 2.67. The first-order valence-corrected chi connectivity index (χ1v) is 8.70. The number of nitrogens with zero attached hydrogens (tertiary/aromatic N) is 3. The SMILES string of the molecule is C=Cc1cc(=O)c2nc(-c3cc(C)nc(Cl)c3)c(-c3ccccc3)nc2[nH]1. The van der Waals surface area contributed by atoms with Crippen LogP contribution in [0.2, 0.25) is 5.15 Å². The van der Waals surface area contributed by atoms with E-state index in [-0.39, 0.29) is 10.9 Å². The van der Waals surface area contributed by atoms with Crippen LogP contribution < -0.4 is 5.43 Å². The fraction of sp³-hybridized carbons (Fsp3) is 0.0476. The largest absolute Gasteiger partial charge is 0.338 e. The van der Waals surface area contributed by atoms with Crippen molar-refractivity contribution >= 4 is 28.8 Å². The highest BCUT2D eigenvalue weighted by Crippen LogP contribution is 2.31. The fourth-order valence-electron chi connectivity index (χ4n) is 2.95. The maximum absolute atomic E-state index is 12.5. The number of hydrogen-bond acceptors (Lipinski definition) is 4. The number of fused-ring (bicyclic) bond motifs is 1. The lowest BCUT2D eigenvalue weighted by Crippen LogP contribution is -2.08. The number of halogens is 1. The standard InChI is InChI=1S/C21H15ClN4O/c1-3-15-11-16(27)20-21(24-15)26-18(13-7-5-4-6-8-13)19(25-20)14-9-12(2)23-17(22)10-14/h3-11H,1H2,2H3,(H,24,26,27). The third-order valence-corrected chi connectivity index (χ3v) is 4.33. The summed E-state index contributed by atoms with van der Waals surface area (Å²) in [5.41, 5.74) is 4.69. The van der Waals surface area contributed by atoms with Crippen LogP contribution in [0.15, 0.2) is 59.9 Å². The summed E-state index contributed by atoms with van der Waals surface area (Å²) in [5, 5.41) is 0.363. The van der Waals surface area contributed by atoms with E-state index in [4.69, 9.17) is 16.6 Å². The minimum absolute atomic E-state index is 0.219. The van der Waals surface area contributed by atoms with E-state index in [9.17, 15) is 4.79 Å². The van der Waals surface area contributed by atoms with Gasteiger partial charge in [-0.2, -0.15) is 0 Å². The summed E-state index contributed by atoms with van der Waals surface area (Å²) in [7, 11) is 0. The second kappa shape index (κ2) is 6.78. The summed E-state index contributed by atoms with van der Waals surface area (Å²) >= 11 is 6.15. The second-order valence-electron chi connectivity index (χ2n) is 6.10. The van der Waals surface area contributed by atoms with Crippen LogP contribution in [0.25, 0.3) is 39.8 Å². The van der Waals surface area contributed by atoms with E-state index in [1.807, 2.05) is 43.3 Å². The molecule has 0 amide bonds. The maximum Gasteiger partial charge on any atom is 0.210 e. The number of aryl methyl sites for hydroxylation is 1. The Morgan fingerprint density at radius 1 is 1.00 bits per heavy atom. The van der Waals surface area contributed by atoms with Crippen LogP contribution in [-0.4, -0.2) is 19.9 Å². The van der Waals surface area contributed by atoms with Gasteiger partial charge in [0.1, 0.15) is 5.15 Å². The molecule has 0 atom stereocenters. The summed E-state index contributed by atoms with van der Waals surface area (Å²) in [6, 6.07) is 14.7. The van der Waals surface area contributed by atoms with E-state index in [1.165, 1.54) is 6.07 Å². The number of rotatable bonds is 3. The summed E-state index contributed by atoms with van der Waals surface area (Å²) in [5.74, 6) is 0. The zero-order valence-electron chi connectivity index (χ0n) is 14.5. The van der Waals surface area contributed by atoms with Gasteiger partial charge in [-0.25, -0.2) is 15.0 Å². The highest BCUT2D eigenvalue weighted by molar-refractivity contribution is 6.29. The van der Waals surface area contributed by atoms with Gasteiger partial charge in [-0.15, -0.1) is 0 Å². The summed E-state index contributed by atoms with van der Waals surface area (Å²) in [6.07, 6.45) is 1.57. The van der Waals surface area contributed by atoms with Crippen molar-refractivity contribution in [3.05, 3.63) is 81.9 Å². The quantitative estimate of drug-likeness (QED) is 0.530. The molecule has 0 saturated carbocycles. The van der Waals surface area contributed by atoms with Crippen LogP contribution in [0.3, 0.4) is 0 Å². The van der Waals surface area contributed by atoms with Crippen LogP contribution in [0.4, 0.5) is 0 Å². The van der Waals surface area contributed by atoms with E-state index in [0.717, 1.165) is 16.8 Å². The first-order chi connectivity index (χ1) is 13.0. The molecule has 27 heavy (non-hydrogen) atoms. The minimum atomic E-state index is -0.219. The fourth-order valence-corrected chi connectivity index (χ4v) is 3.20. The molecular weight excluding hydrogens is 360 g/mol. The Hall–Kier alpha value is -3.31. The topological polar surface area (TPSA) is 71.5 Å². The average molecular weight is 375 g/mol. The molecule has 5 nitrogen and oxygen atoms in total. The zero-order valence-corrected chi connectivity index (χ0v) is 15.3. The van der Waals surface area contributed by atoms with Gasteiger partial charge in [-0.05, 0) is 25.1 Å². The normalized spacial score (nSPS) is 10.9. The Balaban J connectivity index is 2.10. The molecule has 0 aliphatic carbocycles. The van der Waals surface area contributed by atoms with Gasteiger partial charge in [0, 0.05) is 28.6 Å². The van der Waals surface area contributed by atoms with Gasteiger partial charge >= 0.3 is 0 Å². The number of aromatic amines is 1. The van der Waals surface area contributed by atoms with Crippen molar-refractivity contribution in [1.82, 2.24) is 19.9 Å². The van der Waals surface area contributed by atoms with Gasteiger partial charge in [0.15, 0.2) is 11.2 Å². The molecule has 4 aromatic rings. The molecule has 0 saturated heterocycles. The molecule has 3 aromatic heterocycles. The lowest BCUT2D eigenvalue weighted by atomic mass is 10.0. The maximum atomic E-state index is 12.5. The van der Waals surface area contributed by atoms with Gasteiger partial charge in [0.25, 0.3) is 0 Å². The third kappa shape index (κ3) is 3.25. The minimum Gasteiger partial charge on any atom is -0.338 e. The molecule has 0 fully saturated rings. The number of H-pyrrole nitrogens is 1. The highest BCUT2D eigenvalue weighted by atomic mass is 35.5. The van der Waals surface area contributed by atoms with E-state index in [0.29, 0.717) is 27.9 Å². The van der Waals surface area contributed by atoms with Crippen molar-refractivity contribution < 1.29 is 0 Å². The Labute approximate surface area is 160 Å². The highest BCUT2D eigenvalue weighted by Gasteiger charge is 2.16. The van der Waals surface area contributed by atoms with E-state index >= 15 is 0 Å². The van der Waals surface area contributed by atoms with Crippen LogP contribution in [0, 0.1) is 6.92 Å². The third-order valence-electron chi connectivity index (χ3n) is 4.14. The van der Waals surface area contributed by atoms with Crippen LogP contribution in [-0.2, 0) is 0 Å². The van der Waals surface area contributed by atoms with Crippen molar-refractivity contribution in [3.63, 3.8) is 0 Å². The molecule has 1 N–H and O–H groups in total. The molecular formula is C21H15ClN4O. The van der Waals surface area contributed by atoms with E-state index in [1.54, 1.807) is 12.1 Å². The zero-order chi connectivity index (χ0) is 19.0. The van der Waals surface area contributed by atoms with Gasteiger partial charge in [0.05, 0.1) is 11.4 Å². The van der Waals surface area contributed by atoms with E-state index in [2.05, 4.69) is 21.5 Å². The lowest BCUT2D eigenvalue weighted by molar-refractivity contribution is 1.18. The van der Waals surface area contributed by atoms with Crippen molar-refractivity contribution in [2.75, 3.05) is 0 Å². The predicted molar refractivity (Wildman–Crippen MR) is 109 cm³/mol. The molecule has 3 heterocycles. The summed E-state index contributed by atoms with van der Waals surface area (Å²) in [4.78, 5) is 29.2. The van der Waals surface area contributed by atoms with Gasteiger partial charge in [-0.3, -0.25) is 4.79 Å². The number of hydrogen-bond donors (Lipinski definition) is 1. The molecule has 0 unspecified atom stereocenters. The molecule has 0 aliphatic rings. The monoisotopic (exact) mass is 374 g/mol. The van der Waals surface area contributed by atoms with Crippen molar-refractivity contribution in [2.45, 2.75) is 6.92 Å². The molecule has 1 aromatic carbocycles. The molecule has 0 spiro atoms. The predicted octanol–water partition coefficient (Wildman–Crippen LogP) is 4.65. The Kier molecular flexibility index (Phi) is 4.30. The van der Waals surface area contributed by atoms with Crippen LogP contribution in [0.5, 0.6) is 0 Å². The van der Waals surface area contributed by atoms with Crippen molar-refractivity contribution in [1.29, 1.82) is 0 Å². The number of benzene rings is 1. The molecule has 132 valence electrons. The number of aromatic nitrogens is 4. The Morgan fingerprint density at radius 2 is 1.74 bits per heavy atom. The van der Waals surface area contributed by atoms with E-state index < -0.39 is 0 Å². The van der Waals surface area contributed by atoms with Gasteiger partial charge < -0.3 is 4.98 Å². The number of pyridine rings is 2. The Morgan fingerprint density at radius 3 is 2.44 bits per heavy atom. The van der Waals surface area contributed by atoms with Crippen molar-refractivity contribution in [2.24, 2.45) is 0 Å². The van der Waals surface area contributed by atoms with Crippen molar-refractivity contribution in [3.8, 4) is 22.5 Å². The smallest absolute Gasteiger partial charge is 0.210 e. The Bertz CT molecular complexity index is 1210. The van der Waals surface area contributed by atoms with Crippen LogP contribution in [0.1, 0.15) is 11.4 Å². The first-order valence-electron chi connectivity index (χ1n) is 8.32. The second-order valence-corrected chi connectivity index (χ2v) is 6.48. The molecule has 6 heteroatoms. The van der Waals surface area contributed by atoms with Gasteiger partial charge in [0.2, 0.25) is 5.43 Å². The molecule has 4 rings (SSSR count). The van der Waals surface area contributed by atoms with Gasteiger partial charge in [-0.1, -0.05) is 48.5 Å². The first kappa shape index (κ1) is 17.1. The number of nitrogens with one attached hydrogen (secondary N) is 1. The molecule has 0 radical (unpaired) electrons. The van der Waals surface area contributed by atoms with Crippen LogP contribution >= 0.6 is 11.6 Å².